The number of aliphatic imine (C=N–C) groups is 1. The van der Waals surface area contributed by atoms with Gasteiger partial charge in [0, 0.05) is 29.9 Å². The van der Waals surface area contributed by atoms with Gasteiger partial charge in [0.25, 0.3) is 0 Å². The summed E-state index contributed by atoms with van der Waals surface area (Å²) in [6.07, 6.45) is 6.91. The van der Waals surface area contributed by atoms with Gasteiger partial charge in [-0.25, -0.2) is 4.98 Å². The second kappa shape index (κ2) is 10.1. The molecule has 0 fully saturated rings. The van der Waals surface area contributed by atoms with E-state index in [1.807, 2.05) is 23.6 Å². The van der Waals surface area contributed by atoms with Crippen molar-refractivity contribution in [1.82, 2.24) is 4.98 Å². The minimum absolute atomic E-state index is 0.693. The first kappa shape index (κ1) is 20.9. The first-order chi connectivity index (χ1) is 14.1. The Bertz CT molecular complexity index is 988. The molecule has 0 amide bonds. The number of nitrogens with one attached hydrogen (secondary N) is 1. The van der Waals surface area contributed by atoms with Crippen molar-refractivity contribution in [3.8, 4) is 17.2 Å². The highest BCUT2D eigenvalue weighted by Crippen LogP contribution is 2.31. The first-order valence-corrected chi connectivity index (χ1v) is 10.7. The zero-order valence-corrected chi connectivity index (χ0v) is 18.0. The molecule has 1 aromatic carbocycles. The lowest BCUT2D eigenvalue weighted by Gasteiger charge is -2.11. The highest BCUT2D eigenvalue weighted by Gasteiger charge is 2.13. The van der Waals surface area contributed by atoms with Crippen molar-refractivity contribution in [3.63, 3.8) is 0 Å². The SMILES string of the molecule is C=Cc1oc(-c2csc(Nc3ccc(OCCCCC)c(C)c3)n2)cc1C=NC. The smallest absolute Gasteiger partial charge is 0.187 e. The van der Waals surface area contributed by atoms with Crippen LogP contribution < -0.4 is 10.1 Å². The van der Waals surface area contributed by atoms with Gasteiger partial charge in [-0.1, -0.05) is 26.3 Å². The second-order valence-electron chi connectivity index (χ2n) is 6.72. The van der Waals surface area contributed by atoms with E-state index in [0.29, 0.717) is 11.5 Å². The summed E-state index contributed by atoms with van der Waals surface area (Å²) < 4.78 is 11.7. The summed E-state index contributed by atoms with van der Waals surface area (Å²) in [6, 6.07) is 8.03. The van der Waals surface area contributed by atoms with Crippen molar-refractivity contribution in [3.05, 3.63) is 53.1 Å². The number of unbranched alkanes of at least 4 members (excludes halogenated alkanes) is 2. The second-order valence-corrected chi connectivity index (χ2v) is 7.58. The van der Waals surface area contributed by atoms with Crippen LogP contribution in [0.5, 0.6) is 5.75 Å². The lowest BCUT2D eigenvalue weighted by molar-refractivity contribution is 0.304. The predicted molar refractivity (Wildman–Crippen MR) is 123 cm³/mol. The van der Waals surface area contributed by atoms with Gasteiger partial charge >= 0.3 is 0 Å². The normalized spacial score (nSPS) is 11.1. The molecular formula is C23H27N3O2S. The molecule has 0 radical (unpaired) electrons. The van der Waals surface area contributed by atoms with Crippen LogP contribution in [0.2, 0.25) is 0 Å². The van der Waals surface area contributed by atoms with Crippen LogP contribution in [0.15, 0.2) is 45.6 Å². The Morgan fingerprint density at radius 3 is 2.90 bits per heavy atom. The molecule has 3 aromatic rings. The van der Waals surface area contributed by atoms with Crippen molar-refractivity contribution in [2.45, 2.75) is 33.1 Å². The third-order valence-electron chi connectivity index (χ3n) is 4.43. The van der Waals surface area contributed by atoms with Crippen molar-refractivity contribution in [2.75, 3.05) is 19.0 Å². The fourth-order valence-corrected chi connectivity index (χ4v) is 3.66. The highest BCUT2D eigenvalue weighted by atomic mass is 32.1. The molecule has 0 saturated heterocycles. The molecule has 2 aromatic heterocycles. The number of anilines is 2. The Morgan fingerprint density at radius 1 is 1.31 bits per heavy atom. The molecule has 0 unspecified atom stereocenters. The van der Waals surface area contributed by atoms with Gasteiger partial charge in [-0.3, -0.25) is 4.99 Å². The molecule has 0 saturated carbocycles. The topological polar surface area (TPSA) is 59.7 Å². The van der Waals surface area contributed by atoms with Gasteiger partial charge < -0.3 is 14.5 Å². The monoisotopic (exact) mass is 409 g/mol. The minimum Gasteiger partial charge on any atom is -0.493 e. The number of ether oxygens (including phenoxy) is 1. The van der Waals surface area contributed by atoms with Gasteiger partial charge in [-0.2, -0.15) is 0 Å². The summed E-state index contributed by atoms with van der Waals surface area (Å²) in [4.78, 5) is 8.70. The Hall–Kier alpha value is -2.86. The standard InChI is InChI=1S/C23H27N3O2S/c1-5-7-8-11-27-21-10-9-18(12-16(21)3)25-23-26-19(15-29-23)22-13-17(14-24-4)20(6-2)28-22/h6,9-10,12-15H,2,5,7-8,11H2,1,3-4H3,(H,25,26). The molecule has 0 aliphatic rings. The number of aromatic nitrogens is 1. The van der Waals surface area contributed by atoms with Crippen LogP contribution in [-0.2, 0) is 0 Å². The molecule has 29 heavy (non-hydrogen) atoms. The molecule has 5 nitrogen and oxygen atoms in total. The maximum atomic E-state index is 5.88. The van der Waals surface area contributed by atoms with Crippen molar-refractivity contribution < 1.29 is 9.15 Å². The van der Waals surface area contributed by atoms with E-state index >= 15 is 0 Å². The van der Waals surface area contributed by atoms with Gasteiger partial charge in [0.05, 0.1) is 6.61 Å². The van der Waals surface area contributed by atoms with Crippen molar-refractivity contribution >= 4 is 34.4 Å². The Labute approximate surface area is 176 Å². The van der Waals surface area contributed by atoms with E-state index in [4.69, 9.17) is 9.15 Å². The van der Waals surface area contributed by atoms with E-state index in [9.17, 15) is 0 Å². The van der Waals surface area contributed by atoms with E-state index in [2.05, 4.69) is 41.8 Å². The minimum atomic E-state index is 0.693. The number of aryl methyl sites for hydroxylation is 1. The van der Waals surface area contributed by atoms with Gasteiger partial charge in [0.1, 0.15) is 17.2 Å². The van der Waals surface area contributed by atoms with Crippen LogP contribution >= 0.6 is 11.3 Å². The molecule has 0 atom stereocenters. The summed E-state index contributed by atoms with van der Waals surface area (Å²) in [5, 5.41) is 6.14. The third kappa shape index (κ3) is 5.35. The molecule has 0 bridgehead atoms. The average molecular weight is 410 g/mol. The fourth-order valence-electron chi connectivity index (χ4n) is 2.94. The number of hydrogen-bond acceptors (Lipinski definition) is 6. The molecule has 0 aliphatic carbocycles. The van der Waals surface area contributed by atoms with Crippen molar-refractivity contribution in [2.24, 2.45) is 4.99 Å². The Kier molecular flexibility index (Phi) is 7.25. The fraction of sp³-hybridized carbons (Fsp3) is 0.304. The van der Waals surface area contributed by atoms with Gasteiger partial charge in [0.2, 0.25) is 0 Å². The van der Waals surface area contributed by atoms with E-state index in [1.165, 1.54) is 24.2 Å². The molecule has 0 aliphatic heterocycles. The molecule has 0 spiro atoms. The summed E-state index contributed by atoms with van der Waals surface area (Å²) in [7, 11) is 1.73. The molecule has 6 heteroatoms. The summed E-state index contributed by atoms with van der Waals surface area (Å²) in [5.74, 6) is 2.33. The zero-order chi connectivity index (χ0) is 20.6. The number of benzene rings is 1. The molecule has 152 valence electrons. The molecule has 1 N–H and O–H groups in total. The van der Waals surface area contributed by atoms with E-state index in [1.54, 1.807) is 19.3 Å². The first-order valence-electron chi connectivity index (χ1n) is 9.79. The summed E-state index contributed by atoms with van der Waals surface area (Å²) in [6.45, 7) is 8.80. The highest BCUT2D eigenvalue weighted by molar-refractivity contribution is 7.14. The maximum absolute atomic E-state index is 5.88. The summed E-state index contributed by atoms with van der Waals surface area (Å²) in [5.41, 5.74) is 3.76. The Morgan fingerprint density at radius 2 is 2.17 bits per heavy atom. The van der Waals surface area contributed by atoms with Crippen LogP contribution in [0.1, 0.15) is 43.1 Å². The lowest BCUT2D eigenvalue weighted by atomic mass is 10.2. The van der Waals surface area contributed by atoms with Crippen LogP contribution in [0.25, 0.3) is 17.5 Å². The molecule has 3 rings (SSSR count). The quantitative estimate of drug-likeness (QED) is 0.298. The largest absolute Gasteiger partial charge is 0.493 e. The van der Waals surface area contributed by atoms with Gasteiger partial charge in [-0.05, 0) is 49.2 Å². The third-order valence-corrected chi connectivity index (χ3v) is 5.19. The number of rotatable bonds is 10. The molecular weight excluding hydrogens is 382 g/mol. The average Bonchev–Trinajstić information content (AvgIpc) is 3.34. The van der Waals surface area contributed by atoms with E-state index < -0.39 is 0 Å². The number of furan rings is 1. The van der Waals surface area contributed by atoms with Crippen LogP contribution in [-0.4, -0.2) is 24.9 Å². The van der Waals surface area contributed by atoms with E-state index in [0.717, 1.165) is 46.4 Å². The number of hydrogen-bond donors (Lipinski definition) is 1. The van der Waals surface area contributed by atoms with Crippen molar-refractivity contribution in [1.29, 1.82) is 0 Å². The van der Waals surface area contributed by atoms with Gasteiger partial charge in [-0.15, -0.1) is 11.3 Å². The molecule has 2 heterocycles. The zero-order valence-electron chi connectivity index (χ0n) is 17.2. The number of thiazole rings is 1. The van der Waals surface area contributed by atoms with E-state index in [-0.39, 0.29) is 0 Å². The Balaban J connectivity index is 1.68. The maximum Gasteiger partial charge on any atom is 0.187 e. The van der Waals surface area contributed by atoms with Crippen LogP contribution in [0.4, 0.5) is 10.8 Å². The van der Waals surface area contributed by atoms with Gasteiger partial charge in [0.15, 0.2) is 10.9 Å². The summed E-state index contributed by atoms with van der Waals surface area (Å²) >= 11 is 1.53. The number of nitrogens with zero attached hydrogens (tertiary/aromatic N) is 2. The van der Waals surface area contributed by atoms with Crippen LogP contribution in [0.3, 0.4) is 0 Å². The van der Waals surface area contributed by atoms with Crippen LogP contribution in [0, 0.1) is 6.92 Å². The lowest BCUT2D eigenvalue weighted by Crippen LogP contribution is -1.99. The predicted octanol–water partition coefficient (Wildman–Crippen LogP) is 6.72.